The van der Waals surface area contributed by atoms with Crippen molar-refractivity contribution in [2.75, 3.05) is 19.7 Å². The molecule has 2 aliphatic heterocycles. The van der Waals surface area contributed by atoms with Crippen LogP contribution in [0.2, 0.25) is 0 Å². The molecule has 0 saturated carbocycles. The number of hydrogen-bond donors (Lipinski definition) is 1. The summed E-state index contributed by atoms with van der Waals surface area (Å²) in [7, 11) is 0. The molecular weight excluding hydrogens is 292 g/mol. The average Bonchev–Trinajstić information content (AvgIpc) is 2.50. The fraction of sp³-hybridized carbons (Fsp3) is 0.714. The highest BCUT2D eigenvalue weighted by atomic mass is 16.7. The van der Waals surface area contributed by atoms with Crippen molar-refractivity contribution in [3.63, 3.8) is 0 Å². The minimum atomic E-state index is -0.943. The SMILES string of the molecule is CCOC(=O)C1CCCN(OC(=O)C2CCCNC2=O)C1=O. The van der Waals surface area contributed by atoms with Crippen LogP contribution >= 0.6 is 0 Å². The van der Waals surface area contributed by atoms with Gasteiger partial charge in [-0.3, -0.25) is 14.4 Å². The van der Waals surface area contributed by atoms with Crippen LogP contribution in [0.25, 0.3) is 0 Å². The summed E-state index contributed by atoms with van der Waals surface area (Å²) in [6.45, 7) is 2.60. The second-order valence-electron chi connectivity index (χ2n) is 5.28. The van der Waals surface area contributed by atoms with Crippen molar-refractivity contribution in [2.45, 2.75) is 32.6 Å². The van der Waals surface area contributed by atoms with Gasteiger partial charge in [-0.25, -0.2) is 4.79 Å². The smallest absolute Gasteiger partial charge is 0.344 e. The Morgan fingerprint density at radius 1 is 1.18 bits per heavy atom. The molecule has 8 heteroatoms. The van der Waals surface area contributed by atoms with E-state index in [4.69, 9.17) is 9.57 Å². The van der Waals surface area contributed by atoms with Gasteiger partial charge in [0.1, 0.15) is 11.8 Å². The van der Waals surface area contributed by atoms with E-state index < -0.39 is 29.7 Å². The Morgan fingerprint density at radius 3 is 2.59 bits per heavy atom. The maximum atomic E-state index is 12.2. The number of carbonyl (C=O) groups is 4. The van der Waals surface area contributed by atoms with Crippen molar-refractivity contribution in [3.8, 4) is 0 Å². The summed E-state index contributed by atoms with van der Waals surface area (Å²) >= 11 is 0. The molecule has 2 heterocycles. The average molecular weight is 312 g/mol. The van der Waals surface area contributed by atoms with Gasteiger partial charge < -0.3 is 14.9 Å². The fourth-order valence-corrected chi connectivity index (χ4v) is 2.57. The number of carbonyl (C=O) groups excluding carboxylic acids is 4. The first-order valence-corrected chi connectivity index (χ1v) is 7.52. The predicted molar refractivity (Wildman–Crippen MR) is 72.9 cm³/mol. The van der Waals surface area contributed by atoms with E-state index in [1.807, 2.05) is 0 Å². The lowest BCUT2D eigenvalue weighted by Crippen LogP contribution is -2.48. The van der Waals surface area contributed by atoms with Crippen molar-refractivity contribution < 1.29 is 28.8 Å². The largest absolute Gasteiger partial charge is 0.465 e. The van der Waals surface area contributed by atoms with Crippen LogP contribution in [0.1, 0.15) is 32.6 Å². The molecule has 2 rings (SSSR count). The van der Waals surface area contributed by atoms with Crippen LogP contribution in [-0.2, 0) is 28.8 Å². The lowest BCUT2D eigenvalue weighted by molar-refractivity contribution is -0.210. The Morgan fingerprint density at radius 2 is 1.91 bits per heavy atom. The second-order valence-corrected chi connectivity index (χ2v) is 5.28. The molecule has 22 heavy (non-hydrogen) atoms. The second kappa shape index (κ2) is 7.24. The number of piperidine rings is 2. The quantitative estimate of drug-likeness (QED) is 0.568. The zero-order valence-electron chi connectivity index (χ0n) is 12.5. The van der Waals surface area contributed by atoms with Crippen LogP contribution < -0.4 is 5.32 Å². The summed E-state index contributed by atoms with van der Waals surface area (Å²) in [5.74, 6) is -4.18. The third-order valence-corrected chi connectivity index (χ3v) is 3.74. The van der Waals surface area contributed by atoms with Crippen LogP contribution in [0.4, 0.5) is 0 Å². The van der Waals surface area contributed by atoms with Crippen LogP contribution in [0, 0.1) is 11.8 Å². The zero-order valence-corrected chi connectivity index (χ0v) is 12.5. The molecule has 2 fully saturated rings. The fourth-order valence-electron chi connectivity index (χ4n) is 2.57. The molecule has 122 valence electrons. The molecular formula is C14H20N2O6. The third-order valence-electron chi connectivity index (χ3n) is 3.74. The molecule has 8 nitrogen and oxygen atoms in total. The maximum absolute atomic E-state index is 12.2. The van der Waals surface area contributed by atoms with Gasteiger partial charge >= 0.3 is 11.9 Å². The van der Waals surface area contributed by atoms with Crippen molar-refractivity contribution in [1.29, 1.82) is 0 Å². The minimum Gasteiger partial charge on any atom is -0.465 e. The first kappa shape index (κ1) is 16.3. The number of nitrogens with one attached hydrogen (secondary N) is 1. The number of hydroxylamine groups is 2. The van der Waals surface area contributed by atoms with Crippen molar-refractivity contribution in [3.05, 3.63) is 0 Å². The van der Waals surface area contributed by atoms with Crippen LogP contribution in [0.15, 0.2) is 0 Å². The standard InChI is InChI=1S/C14H20N2O6/c1-2-21-13(19)10-6-4-8-16(12(10)18)22-14(20)9-5-3-7-15-11(9)17/h9-10H,2-8H2,1H3,(H,15,17). The number of amides is 2. The first-order valence-electron chi connectivity index (χ1n) is 7.52. The molecule has 0 aromatic heterocycles. The first-order chi connectivity index (χ1) is 10.5. The Hall–Kier alpha value is -2.12. The van der Waals surface area contributed by atoms with Gasteiger partial charge in [-0.15, -0.1) is 0 Å². The number of esters is 1. The highest BCUT2D eigenvalue weighted by molar-refractivity contribution is 6.00. The topological polar surface area (TPSA) is 102 Å². The molecule has 2 aliphatic rings. The van der Waals surface area contributed by atoms with Gasteiger partial charge in [-0.05, 0) is 32.6 Å². The molecule has 1 N–H and O–H groups in total. The Bertz CT molecular complexity index is 478. The molecule has 0 aliphatic carbocycles. The number of ether oxygens (including phenoxy) is 1. The van der Waals surface area contributed by atoms with Gasteiger partial charge in [0.15, 0.2) is 0 Å². The zero-order chi connectivity index (χ0) is 16.1. The van der Waals surface area contributed by atoms with E-state index in [1.54, 1.807) is 6.92 Å². The van der Waals surface area contributed by atoms with Gasteiger partial charge in [-0.1, -0.05) is 0 Å². The van der Waals surface area contributed by atoms with E-state index in [2.05, 4.69) is 5.32 Å². The lowest BCUT2D eigenvalue weighted by atomic mass is 9.98. The molecule has 0 aromatic carbocycles. The van der Waals surface area contributed by atoms with Crippen molar-refractivity contribution >= 4 is 23.8 Å². The Kier molecular flexibility index (Phi) is 5.35. The summed E-state index contributed by atoms with van der Waals surface area (Å²) in [6, 6.07) is 0. The molecule has 0 radical (unpaired) electrons. The van der Waals surface area contributed by atoms with Gasteiger partial charge in [0.2, 0.25) is 5.91 Å². The summed E-state index contributed by atoms with van der Waals surface area (Å²) in [6.07, 6.45) is 1.98. The van der Waals surface area contributed by atoms with Gasteiger partial charge in [0.05, 0.1) is 13.2 Å². The molecule has 2 amide bonds. The van der Waals surface area contributed by atoms with E-state index >= 15 is 0 Å². The summed E-state index contributed by atoms with van der Waals surface area (Å²) in [5, 5.41) is 3.47. The summed E-state index contributed by atoms with van der Waals surface area (Å²) < 4.78 is 4.85. The van der Waals surface area contributed by atoms with Gasteiger partial charge in [0.25, 0.3) is 5.91 Å². The Balaban J connectivity index is 1.96. The highest BCUT2D eigenvalue weighted by Crippen LogP contribution is 2.21. The number of hydrogen-bond acceptors (Lipinski definition) is 6. The van der Waals surface area contributed by atoms with E-state index in [0.717, 1.165) is 5.06 Å². The molecule has 2 unspecified atom stereocenters. The van der Waals surface area contributed by atoms with Crippen LogP contribution in [0.5, 0.6) is 0 Å². The van der Waals surface area contributed by atoms with Crippen LogP contribution in [-0.4, -0.2) is 48.5 Å². The lowest BCUT2D eigenvalue weighted by Gasteiger charge is -2.30. The minimum absolute atomic E-state index is 0.185. The maximum Gasteiger partial charge on any atom is 0.344 e. The molecule has 0 aromatic rings. The summed E-state index contributed by atoms with van der Waals surface area (Å²) in [4.78, 5) is 52.6. The molecule has 0 bridgehead atoms. The molecule has 0 spiro atoms. The number of nitrogens with zero attached hydrogens (tertiary/aromatic N) is 1. The van der Waals surface area contributed by atoms with Crippen molar-refractivity contribution in [2.24, 2.45) is 11.8 Å². The van der Waals surface area contributed by atoms with Gasteiger partial charge in [0, 0.05) is 6.54 Å². The third kappa shape index (κ3) is 3.55. The summed E-state index contributed by atoms with van der Waals surface area (Å²) in [5.41, 5.74) is 0. The van der Waals surface area contributed by atoms with E-state index in [1.165, 1.54) is 0 Å². The van der Waals surface area contributed by atoms with E-state index in [9.17, 15) is 19.2 Å². The predicted octanol–water partition coefficient (Wildman–Crippen LogP) is -0.227. The normalized spacial score (nSPS) is 25.4. The molecule has 2 atom stereocenters. The van der Waals surface area contributed by atoms with Gasteiger partial charge in [-0.2, -0.15) is 5.06 Å². The number of rotatable bonds is 4. The van der Waals surface area contributed by atoms with Crippen molar-refractivity contribution in [1.82, 2.24) is 10.4 Å². The van der Waals surface area contributed by atoms with Crippen LogP contribution in [0.3, 0.4) is 0 Å². The molecule has 2 saturated heterocycles. The van der Waals surface area contributed by atoms with E-state index in [0.29, 0.717) is 32.2 Å². The van der Waals surface area contributed by atoms with E-state index in [-0.39, 0.29) is 19.1 Å². The Labute approximate surface area is 128 Å². The highest BCUT2D eigenvalue weighted by Gasteiger charge is 2.39. The monoisotopic (exact) mass is 312 g/mol.